The van der Waals surface area contributed by atoms with Crippen LogP contribution in [0.15, 0.2) is 47.4 Å². The predicted molar refractivity (Wildman–Crippen MR) is 123 cm³/mol. The maximum atomic E-state index is 13.3. The van der Waals surface area contributed by atoms with E-state index in [4.69, 9.17) is 0 Å². The number of nitrogens with zero attached hydrogens (tertiary/aromatic N) is 3. The van der Waals surface area contributed by atoms with Crippen LogP contribution in [0.2, 0.25) is 0 Å². The molecule has 0 aliphatic carbocycles. The number of β-amino-alcohol motifs (C(OH)–C–C–N with tert-alkyl or cyclic N) is 1. The molecule has 0 spiro atoms. The van der Waals surface area contributed by atoms with Crippen molar-refractivity contribution in [1.82, 2.24) is 9.80 Å². The topological polar surface area (TPSA) is 96.7 Å². The molecule has 166 valence electrons. The Hall–Kier alpha value is -2.86. The zero-order chi connectivity index (χ0) is 22.7. The van der Waals surface area contributed by atoms with Crippen LogP contribution in [0.5, 0.6) is 0 Å². The fourth-order valence-electron chi connectivity index (χ4n) is 4.20. The van der Waals surface area contributed by atoms with Gasteiger partial charge in [0.2, 0.25) is 11.8 Å². The van der Waals surface area contributed by atoms with Crippen LogP contribution in [-0.4, -0.2) is 65.3 Å². The molecule has 2 aliphatic rings. The Bertz CT molecular complexity index is 1070. The number of benzene rings is 2. The number of hydrogen-bond acceptors (Lipinski definition) is 6. The summed E-state index contributed by atoms with van der Waals surface area (Å²) in [4.78, 5) is 29.8. The number of likely N-dealkylation sites (tertiary alicyclic amines) is 1. The lowest BCUT2D eigenvalue weighted by molar-refractivity contribution is -0.131. The van der Waals surface area contributed by atoms with Crippen molar-refractivity contribution in [3.8, 4) is 6.07 Å². The van der Waals surface area contributed by atoms with Gasteiger partial charge in [0, 0.05) is 31.6 Å². The first kappa shape index (κ1) is 22.3. The van der Waals surface area contributed by atoms with E-state index in [1.54, 1.807) is 18.0 Å². The van der Waals surface area contributed by atoms with Gasteiger partial charge in [0.15, 0.2) is 0 Å². The predicted octanol–water partition coefficient (Wildman–Crippen LogP) is 2.41. The molecule has 8 heteroatoms. The standard InChI is InChI=1S/C24H26N4O3S/c1-27(24(31)11-16-5-6-22-20(10-16)26-23(30)15-32-22)21(14-28-8-7-19(29)13-28)18-4-2-3-17(9-18)12-25/h2-6,9-10,19,21,29H,7-8,11,13-15H2,1H3,(H,26,30)/t19-,21+/m0/s1. The summed E-state index contributed by atoms with van der Waals surface area (Å²) < 4.78 is 0. The molecule has 0 radical (unpaired) electrons. The van der Waals surface area contributed by atoms with Gasteiger partial charge in [0.05, 0.1) is 41.6 Å². The van der Waals surface area contributed by atoms with Gasteiger partial charge in [0.1, 0.15) is 0 Å². The van der Waals surface area contributed by atoms with E-state index < -0.39 is 0 Å². The average Bonchev–Trinajstić information content (AvgIpc) is 3.21. The normalized spacial score (nSPS) is 19.0. The highest BCUT2D eigenvalue weighted by molar-refractivity contribution is 8.00. The molecule has 0 saturated carbocycles. The second-order valence-electron chi connectivity index (χ2n) is 8.30. The Labute approximate surface area is 192 Å². The van der Waals surface area contributed by atoms with Gasteiger partial charge in [-0.15, -0.1) is 11.8 Å². The van der Waals surface area contributed by atoms with Crippen LogP contribution >= 0.6 is 11.8 Å². The first-order valence-electron chi connectivity index (χ1n) is 10.6. The van der Waals surface area contributed by atoms with E-state index in [-0.39, 0.29) is 30.4 Å². The van der Waals surface area contributed by atoms with Crippen molar-refractivity contribution in [2.45, 2.75) is 29.9 Å². The first-order valence-corrected chi connectivity index (χ1v) is 11.6. The second kappa shape index (κ2) is 9.74. The number of aliphatic hydroxyl groups excluding tert-OH is 1. The molecule has 1 fully saturated rings. The van der Waals surface area contributed by atoms with Crippen molar-refractivity contribution in [1.29, 1.82) is 5.26 Å². The largest absolute Gasteiger partial charge is 0.392 e. The summed E-state index contributed by atoms with van der Waals surface area (Å²) in [6.07, 6.45) is 0.591. The first-order chi connectivity index (χ1) is 15.4. The third-order valence-corrected chi connectivity index (χ3v) is 7.05. The smallest absolute Gasteiger partial charge is 0.234 e. The summed E-state index contributed by atoms with van der Waals surface area (Å²) in [7, 11) is 1.79. The summed E-state index contributed by atoms with van der Waals surface area (Å²) in [5, 5.41) is 22.1. The number of nitrogens with one attached hydrogen (secondary N) is 1. The Morgan fingerprint density at radius 2 is 2.22 bits per heavy atom. The van der Waals surface area contributed by atoms with Gasteiger partial charge in [-0.05, 0) is 41.8 Å². The monoisotopic (exact) mass is 450 g/mol. The summed E-state index contributed by atoms with van der Waals surface area (Å²) in [5.41, 5.74) is 3.04. The molecular weight excluding hydrogens is 424 g/mol. The molecule has 7 nitrogen and oxygen atoms in total. The number of fused-ring (bicyclic) bond motifs is 1. The van der Waals surface area contributed by atoms with E-state index in [1.165, 1.54) is 11.8 Å². The molecule has 2 aromatic carbocycles. The molecule has 2 amide bonds. The number of rotatable bonds is 6. The Morgan fingerprint density at radius 1 is 1.38 bits per heavy atom. The molecule has 1 saturated heterocycles. The molecule has 2 heterocycles. The van der Waals surface area contributed by atoms with Crippen molar-refractivity contribution in [2.24, 2.45) is 0 Å². The van der Waals surface area contributed by atoms with E-state index in [0.717, 1.165) is 34.7 Å². The zero-order valence-electron chi connectivity index (χ0n) is 18.0. The number of anilines is 1. The van der Waals surface area contributed by atoms with E-state index in [2.05, 4.69) is 16.3 Å². The van der Waals surface area contributed by atoms with Gasteiger partial charge in [-0.1, -0.05) is 18.2 Å². The molecule has 2 aliphatic heterocycles. The minimum atomic E-state index is -0.342. The molecule has 0 aromatic heterocycles. The van der Waals surface area contributed by atoms with Gasteiger partial charge in [-0.2, -0.15) is 5.26 Å². The number of carbonyl (C=O) groups excluding carboxylic acids is 2. The molecule has 2 atom stereocenters. The third-order valence-electron chi connectivity index (χ3n) is 5.97. The number of aliphatic hydroxyl groups is 1. The summed E-state index contributed by atoms with van der Waals surface area (Å²) in [6.45, 7) is 1.95. The van der Waals surface area contributed by atoms with Crippen molar-refractivity contribution < 1.29 is 14.7 Å². The lowest BCUT2D eigenvalue weighted by Gasteiger charge is -2.32. The highest BCUT2D eigenvalue weighted by atomic mass is 32.2. The van der Waals surface area contributed by atoms with E-state index >= 15 is 0 Å². The molecule has 32 heavy (non-hydrogen) atoms. The number of nitriles is 1. The van der Waals surface area contributed by atoms with Crippen LogP contribution in [0.4, 0.5) is 5.69 Å². The Balaban J connectivity index is 1.53. The highest BCUT2D eigenvalue weighted by Crippen LogP contribution is 2.32. The van der Waals surface area contributed by atoms with Crippen LogP contribution in [0.1, 0.15) is 29.2 Å². The summed E-state index contributed by atoms with van der Waals surface area (Å²) in [5.74, 6) is 0.322. The van der Waals surface area contributed by atoms with E-state index in [9.17, 15) is 20.0 Å². The van der Waals surface area contributed by atoms with Crippen molar-refractivity contribution >= 4 is 29.3 Å². The zero-order valence-corrected chi connectivity index (χ0v) is 18.8. The SMILES string of the molecule is CN(C(=O)Cc1ccc2c(c1)NC(=O)CS2)[C@H](CN1CC[C@H](O)C1)c1cccc(C#N)c1. The minimum Gasteiger partial charge on any atom is -0.392 e. The molecule has 0 unspecified atom stereocenters. The lowest BCUT2D eigenvalue weighted by Crippen LogP contribution is -2.39. The van der Waals surface area contributed by atoms with Crippen molar-refractivity contribution in [3.05, 3.63) is 59.2 Å². The lowest BCUT2D eigenvalue weighted by atomic mass is 10.0. The maximum Gasteiger partial charge on any atom is 0.234 e. The molecule has 2 aromatic rings. The van der Waals surface area contributed by atoms with Gasteiger partial charge in [0.25, 0.3) is 0 Å². The summed E-state index contributed by atoms with van der Waals surface area (Å²) >= 11 is 1.49. The van der Waals surface area contributed by atoms with Crippen LogP contribution in [-0.2, 0) is 16.0 Å². The van der Waals surface area contributed by atoms with Crippen LogP contribution < -0.4 is 5.32 Å². The van der Waals surface area contributed by atoms with Crippen LogP contribution in [0.3, 0.4) is 0 Å². The van der Waals surface area contributed by atoms with Crippen LogP contribution in [0.25, 0.3) is 0 Å². The third kappa shape index (κ3) is 5.13. The summed E-state index contributed by atoms with van der Waals surface area (Å²) in [6, 6.07) is 15.0. The number of likely N-dealkylation sites (N-methyl/N-ethyl adjacent to an activating group) is 1. The number of hydrogen-bond donors (Lipinski definition) is 2. The van der Waals surface area contributed by atoms with E-state index in [1.807, 2.05) is 36.4 Å². The molecular formula is C24H26N4O3S. The van der Waals surface area contributed by atoms with Gasteiger partial charge < -0.3 is 15.3 Å². The van der Waals surface area contributed by atoms with Crippen LogP contribution in [0, 0.1) is 11.3 Å². The Morgan fingerprint density at radius 3 is 2.97 bits per heavy atom. The average molecular weight is 451 g/mol. The van der Waals surface area contributed by atoms with Crippen molar-refractivity contribution in [2.75, 3.05) is 37.8 Å². The number of thioether (sulfide) groups is 1. The fraction of sp³-hybridized carbons (Fsp3) is 0.375. The molecule has 0 bridgehead atoms. The van der Waals surface area contributed by atoms with Gasteiger partial charge in [-0.25, -0.2) is 0 Å². The minimum absolute atomic E-state index is 0.0340. The quantitative estimate of drug-likeness (QED) is 0.702. The second-order valence-corrected chi connectivity index (χ2v) is 9.32. The molecule has 2 N–H and O–H groups in total. The van der Waals surface area contributed by atoms with Gasteiger partial charge in [-0.3, -0.25) is 14.5 Å². The van der Waals surface area contributed by atoms with Gasteiger partial charge >= 0.3 is 0 Å². The maximum absolute atomic E-state index is 13.3. The number of amides is 2. The highest BCUT2D eigenvalue weighted by Gasteiger charge is 2.28. The Kier molecular flexibility index (Phi) is 6.80. The van der Waals surface area contributed by atoms with E-state index in [0.29, 0.717) is 24.4 Å². The number of carbonyl (C=O) groups is 2. The van der Waals surface area contributed by atoms with Crippen molar-refractivity contribution in [3.63, 3.8) is 0 Å². The fourth-order valence-corrected chi connectivity index (χ4v) is 4.99. The molecule has 4 rings (SSSR count).